The summed E-state index contributed by atoms with van der Waals surface area (Å²) in [6.45, 7) is 0. The summed E-state index contributed by atoms with van der Waals surface area (Å²) in [7, 11) is 0. The lowest BCUT2D eigenvalue weighted by atomic mass is 10.8. The van der Waals surface area contributed by atoms with Crippen LogP contribution < -0.4 is 0 Å². The normalized spacial score (nSPS) is 14.0. The van der Waals surface area contributed by atoms with Crippen molar-refractivity contribution in [2.24, 2.45) is 0 Å². The molecule has 0 aromatic rings. The molecule has 0 bridgehead atoms. The van der Waals surface area contributed by atoms with E-state index < -0.39 is 9.87 Å². The number of nitrogens with zero attached hydrogens (tertiary/aromatic N) is 1. The van der Waals surface area contributed by atoms with Gasteiger partial charge in [0.25, 0.3) is 4.95 Å². The second-order valence-corrected chi connectivity index (χ2v) is 5.13. The van der Waals surface area contributed by atoms with E-state index in [4.69, 9.17) is 0 Å². The average Bonchev–Trinajstić information content (AvgIpc) is 1.64. The molecule has 0 saturated carbocycles. The molecule has 48 valence electrons. The van der Waals surface area contributed by atoms with Crippen molar-refractivity contribution in [2.45, 2.75) is 8.69 Å². The lowest BCUT2D eigenvalue weighted by Crippen LogP contribution is -2.17. The van der Waals surface area contributed by atoms with E-state index in [1.165, 1.54) is 0 Å². The quantitative estimate of drug-likeness (QED) is 0.339. The van der Waals surface area contributed by atoms with Crippen LogP contribution >= 0.6 is 47.8 Å². The van der Waals surface area contributed by atoms with Crippen molar-refractivity contribution in [1.29, 1.82) is 0 Å². The van der Waals surface area contributed by atoms with Gasteiger partial charge >= 0.3 is 0 Å². The van der Waals surface area contributed by atoms with Crippen molar-refractivity contribution in [1.82, 2.24) is 0 Å². The van der Waals surface area contributed by atoms with Gasteiger partial charge in [-0.05, 0) is 15.9 Å². The zero-order chi connectivity index (χ0) is 6.73. The van der Waals surface area contributed by atoms with Crippen molar-refractivity contribution < 1.29 is 4.92 Å². The number of nitro groups is 1. The van der Waals surface area contributed by atoms with E-state index in [2.05, 4.69) is 47.8 Å². The standard InChI is InChI=1S/C2H2Br3NO2/c3-1(4)2(5)6(7)8/h1-2H. The molecule has 0 amide bonds. The first-order valence-corrected chi connectivity index (χ1v) is 4.36. The summed E-state index contributed by atoms with van der Waals surface area (Å²) in [4.78, 5) is 8.64. The number of hydrogen-bond acceptors (Lipinski definition) is 2. The van der Waals surface area contributed by atoms with E-state index in [0.717, 1.165) is 0 Å². The highest BCUT2D eigenvalue weighted by atomic mass is 79.9. The van der Waals surface area contributed by atoms with Gasteiger partial charge in [-0.1, -0.05) is 31.9 Å². The second-order valence-electron chi connectivity index (χ2n) is 0.992. The van der Waals surface area contributed by atoms with Crippen LogP contribution in [0.25, 0.3) is 0 Å². The summed E-state index contributed by atoms with van der Waals surface area (Å²) in [5.41, 5.74) is 0. The van der Waals surface area contributed by atoms with Crippen molar-refractivity contribution in [3.63, 3.8) is 0 Å². The van der Waals surface area contributed by atoms with Crippen LogP contribution in [0.3, 0.4) is 0 Å². The summed E-state index contributed by atoms with van der Waals surface area (Å²) in [6.07, 6.45) is 0. The molecule has 0 aliphatic heterocycles. The Labute approximate surface area is 71.4 Å². The van der Waals surface area contributed by atoms with Crippen molar-refractivity contribution in [3.05, 3.63) is 10.1 Å². The van der Waals surface area contributed by atoms with Gasteiger partial charge in [-0.3, -0.25) is 10.1 Å². The smallest absolute Gasteiger partial charge is 0.263 e. The van der Waals surface area contributed by atoms with Gasteiger partial charge < -0.3 is 0 Å². The Bertz CT molecular complexity index is 95.3. The molecule has 0 N–H and O–H groups in total. The molecule has 0 saturated heterocycles. The fourth-order valence-electron chi connectivity index (χ4n) is 0.0920. The number of halogens is 3. The fourth-order valence-corrected chi connectivity index (χ4v) is 0.478. The van der Waals surface area contributed by atoms with Crippen LogP contribution in [0.1, 0.15) is 0 Å². The van der Waals surface area contributed by atoms with E-state index in [-0.39, 0.29) is 3.74 Å². The molecule has 0 fully saturated rings. The average molecular weight is 312 g/mol. The Morgan fingerprint density at radius 1 is 1.38 bits per heavy atom. The minimum Gasteiger partial charge on any atom is -0.263 e. The Hall–Kier alpha value is 0.840. The zero-order valence-electron chi connectivity index (χ0n) is 3.55. The van der Waals surface area contributed by atoms with E-state index >= 15 is 0 Å². The van der Waals surface area contributed by atoms with E-state index in [0.29, 0.717) is 0 Å². The summed E-state index contributed by atoms with van der Waals surface area (Å²) < 4.78 is -0.315. The third kappa shape index (κ3) is 2.99. The Morgan fingerprint density at radius 2 is 1.75 bits per heavy atom. The molecule has 0 aromatic carbocycles. The minimum atomic E-state index is -0.762. The van der Waals surface area contributed by atoms with E-state index in [1.807, 2.05) is 0 Å². The van der Waals surface area contributed by atoms with Crippen LogP contribution in [0.15, 0.2) is 0 Å². The molecule has 6 heteroatoms. The molecule has 0 spiro atoms. The Kier molecular flexibility index (Phi) is 4.19. The maximum atomic E-state index is 9.84. The van der Waals surface area contributed by atoms with Crippen LogP contribution in [0.4, 0.5) is 0 Å². The van der Waals surface area contributed by atoms with Gasteiger partial charge in [0, 0.05) is 4.92 Å². The monoisotopic (exact) mass is 309 g/mol. The topological polar surface area (TPSA) is 43.1 Å². The molecular weight excluding hydrogens is 310 g/mol. The van der Waals surface area contributed by atoms with Crippen LogP contribution in [0, 0.1) is 10.1 Å². The van der Waals surface area contributed by atoms with Crippen LogP contribution in [-0.4, -0.2) is 13.6 Å². The minimum absolute atomic E-state index is 0.315. The lowest BCUT2D eigenvalue weighted by Gasteiger charge is -1.99. The van der Waals surface area contributed by atoms with Crippen molar-refractivity contribution in [3.8, 4) is 0 Å². The third-order valence-electron chi connectivity index (χ3n) is 0.409. The maximum absolute atomic E-state index is 9.84. The van der Waals surface area contributed by atoms with E-state index in [1.54, 1.807) is 0 Å². The highest BCUT2D eigenvalue weighted by Gasteiger charge is 2.22. The molecule has 0 aliphatic carbocycles. The summed E-state index contributed by atoms with van der Waals surface area (Å²) in [5, 5.41) is 9.84. The van der Waals surface area contributed by atoms with Gasteiger partial charge in [0.1, 0.15) is 3.74 Å². The van der Waals surface area contributed by atoms with Gasteiger partial charge in [0.15, 0.2) is 0 Å². The SMILES string of the molecule is O=[N+]([O-])C(Br)C(Br)Br. The third-order valence-corrected chi connectivity index (χ3v) is 3.69. The molecule has 0 rings (SSSR count). The van der Waals surface area contributed by atoms with E-state index in [9.17, 15) is 10.1 Å². The Morgan fingerprint density at radius 3 is 1.75 bits per heavy atom. The zero-order valence-corrected chi connectivity index (χ0v) is 8.31. The first-order chi connectivity index (χ1) is 3.55. The molecule has 1 atom stereocenters. The maximum Gasteiger partial charge on any atom is 0.287 e. The van der Waals surface area contributed by atoms with Gasteiger partial charge in [0.05, 0.1) is 0 Å². The van der Waals surface area contributed by atoms with Crippen LogP contribution in [-0.2, 0) is 0 Å². The number of rotatable bonds is 2. The highest BCUT2D eigenvalue weighted by molar-refractivity contribution is 9.25. The summed E-state index contributed by atoms with van der Waals surface area (Å²) in [5.74, 6) is 0. The van der Waals surface area contributed by atoms with Crippen LogP contribution in [0.5, 0.6) is 0 Å². The van der Waals surface area contributed by atoms with Gasteiger partial charge in [-0.2, -0.15) is 0 Å². The fraction of sp³-hybridized carbons (Fsp3) is 1.00. The summed E-state index contributed by atoms with van der Waals surface area (Å²) in [6, 6.07) is 0. The Balaban J connectivity index is 3.64. The predicted molar refractivity (Wildman–Crippen MR) is 41.4 cm³/mol. The molecule has 0 aromatic heterocycles. The largest absolute Gasteiger partial charge is 0.287 e. The molecule has 3 nitrogen and oxygen atoms in total. The van der Waals surface area contributed by atoms with Crippen LogP contribution in [0.2, 0.25) is 0 Å². The predicted octanol–water partition coefficient (Wildman–Crippen LogP) is 2.10. The molecule has 0 radical (unpaired) electrons. The lowest BCUT2D eigenvalue weighted by molar-refractivity contribution is -0.488. The molecule has 1 unspecified atom stereocenters. The van der Waals surface area contributed by atoms with Gasteiger partial charge in [0.2, 0.25) is 0 Å². The molecule has 8 heavy (non-hydrogen) atoms. The van der Waals surface area contributed by atoms with Crippen molar-refractivity contribution >= 4 is 47.8 Å². The summed E-state index contributed by atoms with van der Waals surface area (Å²) >= 11 is 8.75. The van der Waals surface area contributed by atoms with Gasteiger partial charge in [-0.25, -0.2) is 0 Å². The number of hydrogen-bond donors (Lipinski definition) is 0. The molecule has 0 aliphatic rings. The highest BCUT2D eigenvalue weighted by Crippen LogP contribution is 2.19. The molecule has 0 heterocycles. The molecular formula is C2H2Br3NO2. The number of alkyl halides is 3. The van der Waals surface area contributed by atoms with Crippen molar-refractivity contribution in [2.75, 3.05) is 0 Å². The first-order valence-electron chi connectivity index (χ1n) is 1.61. The first kappa shape index (κ1) is 8.84. The second kappa shape index (κ2) is 3.79. The van der Waals surface area contributed by atoms with Gasteiger partial charge in [-0.15, -0.1) is 0 Å².